The molecule has 172 valence electrons. The maximum atomic E-state index is 13.4. The van der Waals surface area contributed by atoms with E-state index in [1.54, 1.807) is 13.8 Å². The van der Waals surface area contributed by atoms with Crippen LogP contribution in [-0.4, -0.2) is 31.8 Å². The van der Waals surface area contributed by atoms with Gasteiger partial charge in [-0.25, -0.2) is 18.1 Å². The molecule has 1 fully saturated rings. The molecule has 1 heterocycles. The maximum absolute atomic E-state index is 13.4. The monoisotopic (exact) mass is 464 g/mol. The average Bonchev–Trinajstić information content (AvgIpc) is 2.78. The molecular formula is C26H28N2O4S. The van der Waals surface area contributed by atoms with Crippen LogP contribution in [0.4, 0.5) is 0 Å². The Morgan fingerprint density at radius 1 is 0.970 bits per heavy atom. The molecule has 4 rings (SSSR count). The van der Waals surface area contributed by atoms with Crippen molar-refractivity contribution < 1.29 is 18.3 Å². The van der Waals surface area contributed by atoms with Crippen LogP contribution in [0, 0.1) is 0 Å². The van der Waals surface area contributed by atoms with E-state index in [2.05, 4.69) is 9.71 Å². The Morgan fingerprint density at radius 3 is 2.24 bits per heavy atom. The second-order valence-corrected chi connectivity index (χ2v) is 10.4. The van der Waals surface area contributed by atoms with Crippen molar-refractivity contribution in [1.29, 1.82) is 0 Å². The summed E-state index contributed by atoms with van der Waals surface area (Å²) in [5, 5.41) is 8.56. The van der Waals surface area contributed by atoms with Crippen LogP contribution >= 0.6 is 0 Å². The van der Waals surface area contributed by atoms with Gasteiger partial charge in [0, 0.05) is 6.61 Å². The van der Waals surface area contributed by atoms with Crippen molar-refractivity contribution >= 4 is 16.0 Å². The van der Waals surface area contributed by atoms with Gasteiger partial charge in [-0.2, -0.15) is 0 Å². The molecule has 1 aliphatic rings. The lowest BCUT2D eigenvalue weighted by atomic mass is 9.94. The lowest BCUT2D eigenvalue weighted by molar-refractivity contribution is 0.0759. The van der Waals surface area contributed by atoms with Crippen LogP contribution in [0.15, 0.2) is 89.9 Å². The molecule has 2 N–H and O–H groups in total. The fourth-order valence-corrected chi connectivity index (χ4v) is 6.02. The van der Waals surface area contributed by atoms with E-state index in [9.17, 15) is 13.5 Å². The summed E-state index contributed by atoms with van der Waals surface area (Å²) in [5.74, 6) is 0. The number of hydrogen-bond donors (Lipinski definition) is 2. The van der Waals surface area contributed by atoms with E-state index in [-0.39, 0.29) is 12.6 Å². The van der Waals surface area contributed by atoms with Crippen LogP contribution in [0.5, 0.6) is 0 Å². The van der Waals surface area contributed by atoms with E-state index < -0.39 is 26.9 Å². The van der Waals surface area contributed by atoms with Gasteiger partial charge in [0.15, 0.2) is 0 Å². The quantitative estimate of drug-likeness (QED) is 0.558. The lowest BCUT2D eigenvalue weighted by Crippen LogP contribution is -2.53. The highest BCUT2D eigenvalue weighted by molar-refractivity contribution is 7.90. The average molecular weight is 465 g/mol. The molecule has 0 saturated carbocycles. The number of aliphatic imine (C=N–C) groups is 1. The number of rotatable bonds is 6. The first-order valence-electron chi connectivity index (χ1n) is 10.9. The molecule has 0 bridgehead atoms. The molecule has 2 atom stereocenters. The van der Waals surface area contributed by atoms with Crippen LogP contribution in [0.25, 0.3) is 11.1 Å². The van der Waals surface area contributed by atoms with E-state index in [1.807, 2.05) is 84.9 Å². The first-order valence-corrected chi connectivity index (χ1v) is 12.4. The van der Waals surface area contributed by atoms with E-state index in [0.29, 0.717) is 12.0 Å². The second kappa shape index (κ2) is 9.37. The number of sulfonamides is 1. The summed E-state index contributed by atoms with van der Waals surface area (Å²) in [7, 11) is -3.84. The van der Waals surface area contributed by atoms with Crippen molar-refractivity contribution in [2.45, 2.75) is 37.2 Å². The molecule has 0 aliphatic carbocycles. The van der Waals surface area contributed by atoms with Gasteiger partial charge < -0.3 is 9.84 Å². The number of ether oxygens (including phenoxy) is 1. The van der Waals surface area contributed by atoms with E-state index >= 15 is 0 Å². The number of hydrogen-bond acceptors (Lipinski definition) is 5. The van der Waals surface area contributed by atoms with Gasteiger partial charge in [-0.3, -0.25) is 0 Å². The fraction of sp³-hybridized carbons (Fsp3) is 0.269. The van der Waals surface area contributed by atoms with Crippen LogP contribution < -0.4 is 4.72 Å². The van der Waals surface area contributed by atoms with Crippen LogP contribution in [0.1, 0.15) is 42.7 Å². The molecule has 0 spiro atoms. The second-order valence-electron chi connectivity index (χ2n) is 8.60. The molecule has 3 aromatic rings. The number of aliphatic hydroxyl groups excluding tert-OH is 1. The number of nitrogens with one attached hydrogen (secondary N) is 1. The predicted molar refractivity (Wildman–Crippen MR) is 130 cm³/mol. The zero-order chi connectivity index (χ0) is 23.5. The zero-order valence-electron chi connectivity index (χ0n) is 18.7. The number of amidine groups is 1. The summed E-state index contributed by atoms with van der Waals surface area (Å²) in [6, 6.07) is 26.3. The number of nitrogens with zero attached hydrogens (tertiary/aromatic N) is 1. The molecule has 1 aliphatic heterocycles. The topological polar surface area (TPSA) is 88.0 Å². The van der Waals surface area contributed by atoms with Gasteiger partial charge in [0.25, 0.3) is 6.02 Å². The third-order valence-corrected chi connectivity index (χ3v) is 7.61. The summed E-state index contributed by atoms with van der Waals surface area (Å²) in [6.45, 7) is 3.43. The van der Waals surface area contributed by atoms with Crippen molar-refractivity contribution in [1.82, 2.24) is 4.72 Å². The maximum Gasteiger partial charge on any atom is 0.299 e. The molecule has 0 aromatic heterocycles. The highest BCUT2D eigenvalue weighted by Gasteiger charge is 2.48. The Kier molecular flexibility index (Phi) is 6.54. The highest BCUT2D eigenvalue weighted by Crippen LogP contribution is 2.40. The van der Waals surface area contributed by atoms with Gasteiger partial charge in [-0.05, 0) is 48.6 Å². The highest BCUT2D eigenvalue weighted by atomic mass is 32.2. The SMILES string of the molecule is CC1(C)OC(=N[C@@H](CCO)c2ccccc2)NS(=O)(=O)C1c1cccc(-c2ccccc2)c1. The van der Waals surface area contributed by atoms with Crippen LogP contribution in [-0.2, 0) is 14.8 Å². The molecule has 6 nitrogen and oxygen atoms in total. The fourth-order valence-electron chi connectivity index (χ4n) is 4.27. The molecule has 1 unspecified atom stereocenters. The van der Waals surface area contributed by atoms with Crippen molar-refractivity contribution in [3.05, 3.63) is 96.1 Å². The molecule has 7 heteroatoms. The van der Waals surface area contributed by atoms with Gasteiger partial charge in [0.1, 0.15) is 10.9 Å². The Morgan fingerprint density at radius 2 is 1.61 bits per heavy atom. The summed E-state index contributed by atoms with van der Waals surface area (Å²) < 4.78 is 35.5. The molecule has 3 aromatic carbocycles. The van der Waals surface area contributed by atoms with E-state index in [0.717, 1.165) is 16.7 Å². The number of benzene rings is 3. The van der Waals surface area contributed by atoms with Gasteiger partial charge in [-0.1, -0.05) is 78.9 Å². The minimum atomic E-state index is -3.84. The van der Waals surface area contributed by atoms with Crippen molar-refractivity contribution in [2.24, 2.45) is 4.99 Å². The normalized spacial score (nSPS) is 21.1. The Labute approximate surface area is 195 Å². The van der Waals surface area contributed by atoms with Crippen molar-refractivity contribution in [3.8, 4) is 11.1 Å². The minimum absolute atomic E-state index is 0.0576. The van der Waals surface area contributed by atoms with Crippen LogP contribution in [0.2, 0.25) is 0 Å². The number of aliphatic hydroxyl groups is 1. The Balaban J connectivity index is 1.68. The Hall–Kier alpha value is -3.16. The van der Waals surface area contributed by atoms with E-state index in [4.69, 9.17) is 4.74 Å². The van der Waals surface area contributed by atoms with Gasteiger partial charge in [0.05, 0.1) is 6.04 Å². The van der Waals surface area contributed by atoms with Gasteiger partial charge in [0.2, 0.25) is 10.0 Å². The predicted octanol–water partition coefficient (Wildman–Crippen LogP) is 4.60. The van der Waals surface area contributed by atoms with Crippen molar-refractivity contribution in [3.63, 3.8) is 0 Å². The van der Waals surface area contributed by atoms with E-state index in [1.165, 1.54) is 0 Å². The Bertz CT molecular complexity index is 1230. The third-order valence-electron chi connectivity index (χ3n) is 5.69. The largest absolute Gasteiger partial charge is 0.457 e. The van der Waals surface area contributed by atoms with Crippen molar-refractivity contribution in [2.75, 3.05) is 6.61 Å². The summed E-state index contributed by atoms with van der Waals surface area (Å²) >= 11 is 0. The summed E-state index contributed by atoms with van der Waals surface area (Å²) in [4.78, 5) is 4.52. The standard InChI is InChI=1S/C26H28N2O4S/c1-26(2)24(22-15-9-14-21(18-22)19-10-5-3-6-11-19)33(30,31)28-25(32-26)27-23(16-17-29)20-12-7-4-8-13-20/h3-15,18,23-24,29H,16-17H2,1-2H3,(H,27,28)/t23-,24?/m0/s1. The first-order chi connectivity index (χ1) is 15.8. The lowest BCUT2D eigenvalue weighted by Gasteiger charge is -2.39. The minimum Gasteiger partial charge on any atom is -0.457 e. The molecular weight excluding hydrogens is 436 g/mol. The smallest absolute Gasteiger partial charge is 0.299 e. The van der Waals surface area contributed by atoms with Crippen LogP contribution in [0.3, 0.4) is 0 Å². The molecule has 0 radical (unpaired) electrons. The molecule has 1 saturated heterocycles. The van der Waals surface area contributed by atoms with Gasteiger partial charge in [-0.15, -0.1) is 0 Å². The molecule has 33 heavy (non-hydrogen) atoms. The molecule has 0 amide bonds. The first kappa shape index (κ1) is 23.0. The zero-order valence-corrected chi connectivity index (χ0v) is 19.5. The third kappa shape index (κ3) is 5.10. The summed E-state index contributed by atoms with van der Waals surface area (Å²) in [5.41, 5.74) is 2.39. The van der Waals surface area contributed by atoms with Gasteiger partial charge >= 0.3 is 0 Å². The summed E-state index contributed by atoms with van der Waals surface area (Å²) in [6.07, 6.45) is 0.349.